The van der Waals surface area contributed by atoms with Crippen LogP contribution in [-0.2, 0) is 6.54 Å². The molecule has 0 amide bonds. The van der Waals surface area contributed by atoms with Gasteiger partial charge in [-0.05, 0) is 25.5 Å². The number of aryl methyl sites for hydroxylation is 1. The van der Waals surface area contributed by atoms with Gasteiger partial charge < -0.3 is 10.3 Å². The predicted octanol–water partition coefficient (Wildman–Crippen LogP) is 4.98. The lowest BCUT2D eigenvalue weighted by atomic mass is 10.1. The lowest BCUT2D eigenvalue weighted by Crippen LogP contribution is -2.18. The minimum Gasteiger partial charge on any atom is -0.356 e. The van der Waals surface area contributed by atoms with Crippen molar-refractivity contribution in [3.8, 4) is 0 Å². The van der Waals surface area contributed by atoms with Gasteiger partial charge in [0.2, 0.25) is 0 Å². The molecule has 0 saturated carbocycles. The quantitative estimate of drug-likeness (QED) is 0.698. The summed E-state index contributed by atoms with van der Waals surface area (Å²) in [5.41, 5.74) is 4.70. The standard InChI is InChI=1S/C18H19ClN2/c1-12-6-5-7-14(10-12)13(2)20-11-17-18(19)15-8-3-4-9-16(15)21-17/h3-10,13,20-21H,11H2,1-2H3/t13-/m0/s1. The Labute approximate surface area is 130 Å². The van der Waals surface area contributed by atoms with Crippen LogP contribution >= 0.6 is 11.6 Å². The molecular weight excluding hydrogens is 280 g/mol. The van der Waals surface area contributed by atoms with Crippen LogP contribution in [0, 0.1) is 6.92 Å². The molecule has 2 aromatic carbocycles. The highest BCUT2D eigenvalue weighted by molar-refractivity contribution is 6.36. The fourth-order valence-corrected chi connectivity index (χ4v) is 2.88. The third-order valence-corrected chi connectivity index (χ3v) is 4.27. The van der Waals surface area contributed by atoms with E-state index in [1.54, 1.807) is 0 Å². The summed E-state index contributed by atoms with van der Waals surface area (Å²) in [4.78, 5) is 3.39. The zero-order valence-corrected chi connectivity index (χ0v) is 13.0. The summed E-state index contributed by atoms with van der Waals surface area (Å²) < 4.78 is 0. The van der Waals surface area contributed by atoms with Gasteiger partial charge in [0.05, 0.1) is 5.02 Å². The summed E-state index contributed by atoms with van der Waals surface area (Å²) in [5.74, 6) is 0. The van der Waals surface area contributed by atoms with Gasteiger partial charge in [0.25, 0.3) is 0 Å². The van der Waals surface area contributed by atoms with Gasteiger partial charge in [-0.2, -0.15) is 0 Å². The minimum atomic E-state index is 0.285. The normalized spacial score (nSPS) is 12.7. The van der Waals surface area contributed by atoms with Crippen LogP contribution in [0.5, 0.6) is 0 Å². The van der Waals surface area contributed by atoms with Crippen LogP contribution in [0.1, 0.15) is 29.8 Å². The van der Waals surface area contributed by atoms with E-state index in [2.05, 4.69) is 54.5 Å². The fraction of sp³-hybridized carbons (Fsp3) is 0.222. The highest BCUT2D eigenvalue weighted by atomic mass is 35.5. The Balaban J connectivity index is 1.75. The SMILES string of the molecule is Cc1cccc([C@H](C)NCc2[nH]c3ccccc3c2Cl)c1. The Morgan fingerprint density at radius 2 is 1.95 bits per heavy atom. The van der Waals surface area contributed by atoms with Gasteiger partial charge in [0, 0.05) is 29.2 Å². The molecule has 0 fully saturated rings. The molecule has 2 N–H and O–H groups in total. The van der Waals surface area contributed by atoms with Crippen molar-refractivity contribution < 1.29 is 0 Å². The maximum Gasteiger partial charge on any atom is 0.0705 e. The first-order valence-electron chi connectivity index (χ1n) is 7.20. The minimum absolute atomic E-state index is 0.285. The van der Waals surface area contributed by atoms with E-state index in [1.165, 1.54) is 11.1 Å². The van der Waals surface area contributed by atoms with E-state index in [9.17, 15) is 0 Å². The van der Waals surface area contributed by atoms with Crippen molar-refractivity contribution in [2.45, 2.75) is 26.4 Å². The van der Waals surface area contributed by atoms with Gasteiger partial charge >= 0.3 is 0 Å². The average Bonchev–Trinajstić information content (AvgIpc) is 2.82. The molecule has 3 heteroatoms. The van der Waals surface area contributed by atoms with Crippen LogP contribution in [0.4, 0.5) is 0 Å². The molecule has 1 aromatic heterocycles. The van der Waals surface area contributed by atoms with Gasteiger partial charge in [-0.25, -0.2) is 0 Å². The zero-order chi connectivity index (χ0) is 14.8. The highest BCUT2D eigenvalue weighted by Gasteiger charge is 2.10. The predicted molar refractivity (Wildman–Crippen MR) is 89.7 cm³/mol. The molecule has 0 radical (unpaired) electrons. The molecule has 3 rings (SSSR count). The second-order valence-electron chi connectivity index (χ2n) is 5.48. The van der Waals surface area contributed by atoms with Gasteiger partial charge in [-0.3, -0.25) is 0 Å². The van der Waals surface area contributed by atoms with E-state index < -0.39 is 0 Å². The summed E-state index contributed by atoms with van der Waals surface area (Å²) in [6.07, 6.45) is 0. The zero-order valence-electron chi connectivity index (χ0n) is 12.3. The number of rotatable bonds is 4. The van der Waals surface area contributed by atoms with Crippen molar-refractivity contribution in [2.24, 2.45) is 0 Å². The van der Waals surface area contributed by atoms with Crippen molar-refractivity contribution >= 4 is 22.5 Å². The second-order valence-corrected chi connectivity index (χ2v) is 5.86. The smallest absolute Gasteiger partial charge is 0.0705 e. The lowest BCUT2D eigenvalue weighted by molar-refractivity contribution is 0.569. The van der Waals surface area contributed by atoms with E-state index in [0.29, 0.717) is 0 Å². The molecule has 0 saturated heterocycles. The van der Waals surface area contributed by atoms with Crippen LogP contribution in [0.25, 0.3) is 10.9 Å². The van der Waals surface area contributed by atoms with Crippen LogP contribution in [0.3, 0.4) is 0 Å². The Morgan fingerprint density at radius 1 is 1.14 bits per heavy atom. The number of hydrogen-bond donors (Lipinski definition) is 2. The van der Waals surface area contributed by atoms with E-state index >= 15 is 0 Å². The Hall–Kier alpha value is -1.77. The van der Waals surface area contributed by atoms with E-state index in [-0.39, 0.29) is 6.04 Å². The van der Waals surface area contributed by atoms with Crippen molar-refractivity contribution in [3.63, 3.8) is 0 Å². The largest absolute Gasteiger partial charge is 0.356 e. The molecule has 108 valence electrons. The summed E-state index contributed by atoms with van der Waals surface area (Å²) in [6, 6.07) is 17.0. The number of benzene rings is 2. The topological polar surface area (TPSA) is 27.8 Å². The fourth-order valence-electron chi connectivity index (χ4n) is 2.60. The maximum absolute atomic E-state index is 6.44. The van der Waals surface area contributed by atoms with Gasteiger partial charge in [-0.15, -0.1) is 0 Å². The first kappa shape index (κ1) is 14.2. The Morgan fingerprint density at radius 3 is 2.71 bits per heavy atom. The van der Waals surface area contributed by atoms with Crippen molar-refractivity contribution in [1.82, 2.24) is 10.3 Å². The third kappa shape index (κ3) is 2.97. The summed E-state index contributed by atoms with van der Waals surface area (Å²) in [5, 5.41) is 5.43. The highest BCUT2D eigenvalue weighted by Crippen LogP contribution is 2.27. The maximum atomic E-state index is 6.44. The first-order valence-corrected chi connectivity index (χ1v) is 7.58. The van der Waals surface area contributed by atoms with Crippen molar-refractivity contribution in [1.29, 1.82) is 0 Å². The Kier molecular flexibility index (Phi) is 4.00. The monoisotopic (exact) mass is 298 g/mol. The summed E-state index contributed by atoms with van der Waals surface area (Å²) in [7, 11) is 0. The molecule has 0 aliphatic rings. The molecule has 21 heavy (non-hydrogen) atoms. The van der Waals surface area contributed by atoms with Gasteiger partial charge in [0.1, 0.15) is 0 Å². The van der Waals surface area contributed by atoms with Crippen LogP contribution < -0.4 is 5.32 Å². The molecule has 1 heterocycles. The third-order valence-electron chi connectivity index (χ3n) is 3.84. The number of para-hydroxylation sites is 1. The molecule has 0 unspecified atom stereocenters. The van der Waals surface area contributed by atoms with Crippen molar-refractivity contribution in [2.75, 3.05) is 0 Å². The number of nitrogens with one attached hydrogen (secondary N) is 2. The number of aromatic amines is 1. The van der Waals surface area contributed by atoms with Gasteiger partial charge in [0.15, 0.2) is 0 Å². The molecule has 0 aliphatic carbocycles. The number of fused-ring (bicyclic) bond motifs is 1. The van der Waals surface area contributed by atoms with Crippen LogP contribution in [-0.4, -0.2) is 4.98 Å². The van der Waals surface area contributed by atoms with Crippen molar-refractivity contribution in [3.05, 3.63) is 70.4 Å². The molecule has 3 aromatic rings. The number of aromatic nitrogens is 1. The molecule has 0 aliphatic heterocycles. The first-order chi connectivity index (χ1) is 10.1. The van der Waals surface area contributed by atoms with Gasteiger partial charge in [-0.1, -0.05) is 59.6 Å². The summed E-state index contributed by atoms with van der Waals surface area (Å²) >= 11 is 6.44. The number of hydrogen-bond acceptors (Lipinski definition) is 1. The molecule has 0 bridgehead atoms. The lowest BCUT2D eigenvalue weighted by Gasteiger charge is -2.14. The average molecular weight is 299 g/mol. The Bertz CT molecular complexity index is 761. The number of H-pyrrole nitrogens is 1. The summed E-state index contributed by atoms with van der Waals surface area (Å²) in [6.45, 7) is 5.01. The van der Waals surface area contributed by atoms with E-state index in [1.807, 2.05) is 18.2 Å². The molecule has 1 atom stereocenters. The molecule has 2 nitrogen and oxygen atoms in total. The van der Waals surface area contributed by atoms with Crippen LogP contribution in [0.15, 0.2) is 48.5 Å². The molecule has 0 spiro atoms. The second kappa shape index (κ2) is 5.92. The molecular formula is C18H19ClN2. The van der Waals surface area contributed by atoms with E-state index in [0.717, 1.165) is 28.2 Å². The van der Waals surface area contributed by atoms with E-state index in [4.69, 9.17) is 11.6 Å². The van der Waals surface area contributed by atoms with Crippen LogP contribution in [0.2, 0.25) is 5.02 Å². The number of halogens is 1.